The van der Waals surface area contributed by atoms with Crippen LogP contribution in [0.3, 0.4) is 0 Å². The third-order valence-electron chi connectivity index (χ3n) is 8.30. The van der Waals surface area contributed by atoms with E-state index in [0.29, 0.717) is 57.7 Å². The van der Waals surface area contributed by atoms with E-state index in [1.807, 2.05) is 12.1 Å². The zero-order chi connectivity index (χ0) is 29.0. The van der Waals surface area contributed by atoms with E-state index in [4.69, 9.17) is 10.00 Å². The number of amides is 2. The molecule has 3 heterocycles. The molecule has 1 spiro atoms. The molecule has 0 bridgehead atoms. The fourth-order valence-corrected chi connectivity index (χ4v) is 5.84. The van der Waals surface area contributed by atoms with Crippen LogP contribution in [0.5, 0.6) is 0 Å². The maximum absolute atomic E-state index is 12.8. The summed E-state index contributed by atoms with van der Waals surface area (Å²) in [7, 11) is 0. The van der Waals surface area contributed by atoms with Crippen molar-refractivity contribution in [1.29, 1.82) is 5.26 Å². The lowest BCUT2D eigenvalue weighted by atomic mass is 9.91. The van der Waals surface area contributed by atoms with E-state index >= 15 is 0 Å². The van der Waals surface area contributed by atoms with Gasteiger partial charge in [-0.2, -0.15) is 18.4 Å². The number of likely N-dealkylation sites (tertiary alicyclic amines) is 2. The molecule has 0 radical (unpaired) electrons. The van der Waals surface area contributed by atoms with Gasteiger partial charge in [-0.05, 0) is 48.2 Å². The van der Waals surface area contributed by atoms with E-state index in [0.717, 1.165) is 49.2 Å². The summed E-state index contributed by atoms with van der Waals surface area (Å²) in [6.07, 6.45) is -1.75. The number of carbonyl (C=O) groups is 2. The average molecular weight is 570 g/mol. The predicted molar refractivity (Wildman–Crippen MR) is 145 cm³/mol. The first-order chi connectivity index (χ1) is 19.6. The molecule has 0 saturated carbocycles. The van der Waals surface area contributed by atoms with Crippen molar-refractivity contribution in [2.75, 3.05) is 39.3 Å². The number of benzene rings is 2. The summed E-state index contributed by atoms with van der Waals surface area (Å²) in [4.78, 5) is 31.4. The first-order valence-corrected chi connectivity index (χ1v) is 14.0. The van der Waals surface area contributed by atoms with Crippen molar-refractivity contribution in [2.45, 2.75) is 56.6 Å². The number of piperidine rings is 2. The molecule has 41 heavy (non-hydrogen) atoms. The Morgan fingerprint density at radius 3 is 2.17 bits per heavy atom. The number of halogens is 3. The number of hydrogen-bond acceptors (Lipinski definition) is 6. The van der Waals surface area contributed by atoms with Crippen molar-refractivity contribution in [1.82, 2.24) is 20.0 Å². The van der Waals surface area contributed by atoms with Gasteiger partial charge in [-0.3, -0.25) is 19.5 Å². The van der Waals surface area contributed by atoms with E-state index in [1.165, 1.54) is 12.1 Å². The minimum absolute atomic E-state index is 0.0917. The standard InChI is InChI=1S/C30H34F3N5O3/c31-30(32,33)25-7-3-22(4-8-25)19-37-16-11-29(12-17-37)21-38(28(40)41-29)20-23-1-5-24(6-2-23)27(39)35-26-9-14-36(15-10-26)18-13-34/h1-8,26H,9-12,14-21H2,(H,35,39). The number of rotatable bonds is 7. The van der Waals surface area contributed by atoms with E-state index in [2.05, 4.69) is 21.2 Å². The van der Waals surface area contributed by atoms with Crippen molar-refractivity contribution < 1.29 is 27.5 Å². The zero-order valence-electron chi connectivity index (χ0n) is 22.8. The number of nitrogens with zero attached hydrogens (tertiary/aromatic N) is 4. The summed E-state index contributed by atoms with van der Waals surface area (Å²) in [6.45, 7) is 4.78. The van der Waals surface area contributed by atoms with Crippen LogP contribution in [-0.4, -0.2) is 77.6 Å². The Kier molecular flexibility index (Phi) is 8.52. The van der Waals surface area contributed by atoms with Crippen LogP contribution < -0.4 is 5.32 Å². The summed E-state index contributed by atoms with van der Waals surface area (Å²) in [6, 6.07) is 14.8. The van der Waals surface area contributed by atoms with Gasteiger partial charge in [0, 0.05) is 63.7 Å². The molecule has 3 aliphatic rings. The molecule has 3 aliphatic heterocycles. The molecule has 11 heteroatoms. The molecular formula is C30H34F3N5O3. The smallest absolute Gasteiger partial charge is 0.416 e. The first kappa shape index (κ1) is 28.9. The van der Waals surface area contributed by atoms with Gasteiger partial charge in [0.2, 0.25) is 0 Å². The van der Waals surface area contributed by atoms with Crippen LogP contribution in [0.15, 0.2) is 48.5 Å². The number of alkyl halides is 3. The monoisotopic (exact) mass is 569 g/mol. The molecule has 1 N–H and O–H groups in total. The normalized spacial score (nSPS) is 20.1. The fourth-order valence-electron chi connectivity index (χ4n) is 5.84. The summed E-state index contributed by atoms with van der Waals surface area (Å²) < 4.78 is 44.3. The van der Waals surface area contributed by atoms with Crippen molar-refractivity contribution in [2.24, 2.45) is 0 Å². The van der Waals surface area contributed by atoms with E-state index < -0.39 is 17.3 Å². The zero-order valence-corrected chi connectivity index (χ0v) is 22.8. The lowest BCUT2D eigenvalue weighted by Crippen LogP contribution is -2.46. The van der Waals surface area contributed by atoms with Crippen LogP contribution in [0.2, 0.25) is 0 Å². The Balaban J connectivity index is 1.08. The molecule has 8 nitrogen and oxygen atoms in total. The summed E-state index contributed by atoms with van der Waals surface area (Å²) in [5, 5.41) is 11.9. The van der Waals surface area contributed by atoms with Crippen LogP contribution >= 0.6 is 0 Å². The van der Waals surface area contributed by atoms with Gasteiger partial charge >= 0.3 is 12.3 Å². The van der Waals surface area contributed by atoms with Gasteiger partial charge < -0.3 is 10.1 Å². The van der Waals surface area contributed by atoms with Crippen LogP contribution in [-0.2, 0) is 24.0 Å². The molecule has 2 aromatic rings. The summed E-state index contributed by atoms with van der Waals surface area (Å²) in [5.74, 6) is -0.127. The quantitative estimate of drug-likeness (QED) is 0.497. The molecule has 0 aliphatic carbocycles. The van der Waals surface area contributed by atoms with Crippen molar-refractivity contribution >= 4 is 12.0 Å². The van der Waals surface area contributed by atoms with Gasteiger partial charge in [0.1, 0.15) is 5.60 Å². The second kappa shape index (κ2) is 12.1. The second-order valence-corrected chi connectivity index (χ2v) is 11.3. The topological polar surface area (TPSA) is 88.9 Å². The summed E-state index contributed by atoms with van der Waals surface area (Å²) in [5.41, 5.74) is 1.07. The third-order valence-corrected chi connectivity index (χ3v) is 8.30. The highest BCUT2D eigenvalue weighted by Crippen LogP contribution is 2.35. The summed E-state index contributed by atoms with van der Waals surface area (Å²) >= 11 is 0. The van der Waals surface area contributed by atoms with Crippen LogP contribution in [0.4, 0.5) is 18.0 Å². The highest BCUT2D eigenvalue weighted by molar-refractivity contribution is 5.94. The van der Waals surface area contributed by atoms with Crippen LogP contribution in [0, 0.1) is 11.3 Å². The minimum atomic E-state index is -4.34. The van der Waals surface area contributed by atoms with Gasteiger partial charge in [-0.15, -0.1) is 0 Å². The second-order valence-electron chi connectivity index (χ2n) is 11.3. The SMILES string of the molecule is N#CCN1CCC(NC(=O)c2ccc(CN3CC4(CCN(Cc5ccc(C(F)(F)F)cc5)CC4)OC3=O)cc2)CC1. The van der Waals surface area contributed by atoms with E-state index in [9.17, 15) is 22.8 Å². The van der Waals surface area contributed by atoms with Gasteiger partial charge in [-0.25, -0.2) is 4.79 Å². The fraction of sp³-hybridized carbons (Fsp3) is 0.500. The predicted octanol–water partition coefficient (Wildman–Crippen LogP) is 4.41. The Bertz CT molecular complexity index is 1260. The average Bonchev–Trinajstić information content (AvgIpc) is 3.25. The number of nitriles is 1. The highest BCUT2D eigenvalue weighted by Gasteiger charge is 2.46. The van der Waals surface area contributed by atoms with Crippen LogP contribution in [0.1, 0.15) is 52.7 Å². The Labute approximate surface area is 237 Å². The molecule has 0 atom stereocenters. The van der Waals surface area contributed by atoms with Gasteiger partial charge in [0.05, 0.1) is 24.7 Å². The van der Waals surface area contributed by atoms with E-state index in [-0.39, 0.29) is 18.0 Å². The molecule has 3 fully saturated rings. The number of hydrogen-bond donors (Lipinski definition) is 1. The maximum atomic E-state index is 12.8. The lowest BCUT2D eigenvalue weighted by molar-refractivity contribution is -0.137. The molecule has 5 rings (SSSR count). The number of ether oxygens (including phenoxy) is 1. The highest BCUT2D eigenvalue weighted by atomic mass is 19.4. The Morgan fingerprint density at radius 1 is 0.951 bits per heavy atom. The lowest BCUT2D eigenvalue weighted by Gasteiger charge is -2.37. The Hall–Kier alpha value is -3.62. The Morgan fingerprint density at radius 2 is 1.56 bits per heavy atom. The number of carbonyl (C=O) groups excluding carboxylic acids is 2. The molecule has 2 amide bonds. The molecule has 0 aromatic heterocycles. The molecule has 2 aromatic carbocycles. The molecule has 218 valence electrons. The van der Waals surface area contributed by atoms with Crippen LogP contribution in [0.25, 0.3) is 0 Å². The minimum Gasteiger partial charge on any atom is -0.441 e. The number of nitrogens with one attached hydrogen (secondary N) is 1. The van der Waals surface area contributed by atoms with Gasteiger partial charge in [0.25, 0.3) is 5.91 Å². The van der Waals surface area contributed by atoms with Crippen molar-refractivity contribution in [3.63, 3.8) is 0 Å². The van der Waals surface area contributed by atoms with Crippen molar-refractivity contribution in [3.05, 3.63) is 70.8 Å². The van der Waals surface area contributed by atoms with Crippen molar-refractivity contribution in [3.8, 4) is 6.07 Å². The molecule has 0 unspecified atom stereocenters. The van der Waals surface area contributed by atoms with E-state index in [1.54, 1.807) is 17.0 Å². The molecule has 3 saturated heterocycles. The third kappa shape index (κ3) is 7.18. The largest absolute Gasteiger partial charge is 0.441 e. The molecular weight excluding hydrogens is 535 g/mol. The maximum Gasteiger partial charge on any atom is 0.416 e. The van der Waals surface area contributed by atoms with Gasteiger partial charge in [-0.1, -0.05) is 24.3 Å². The van der Waals surface area contributed by atoms with Gasteiger partial charge in [0.15, 0.2) is 0 Å². The first-order valence-electron chi connectivity index (χ1n) is 14.0.